The van der Waals surface area contributed by atoms with Crippen molar-refractivity contribution < 1.29 is 9.53 Å². The molecule has 0 N–H and O–H groups in total. The molecule has 114 valence electrons. The lowest BCUT2D eigenvalue weighted by Crippen LogP contribution is -2.39. The number of imidazole rings is 1. The number of rotatable bonds is 5. The van der Waals surface area contributed by atoms with E-state index in [2.05, 4.69) is 4.98 Å². The lowest BCUT2D eigenvalue weighted by molar-refractivity contribution is -0.141. The van der Waals surface area contributed by atoms with Crippen LogP contribution in [0.5, 0.6) is 0 Å². The number of carbonyl (C=O) groups is 1. The average molecular weight is 294 g/mol. The zero-order valence-corrected chi connectivity index (χ0v) is 12.3. The molecule has 0 unspecified atom stereocenters. The number of ether oxygens (including phenoxy) is 1. The first kappa shape index (κ1) is 15.0. The molecule has 0 aliphatic rings. The number of carbonyl (C=O) groups excluding carboxylic acids is 1. The largest absolute Gasteiger partial charge is 0.466 e. The molecular formula is C13H18N4O4. The van der Waals surface area contributed by atoms with Gasteiger partial charge in [-0.25, -0.2) is 9.78 Å². The highest BCUT2D eigenvalue weighted by Gasteiger charge is 2.14. The summed E-state index contributed by atoms with van der Waals surface area (Å²) in [6.07, 6.45) is 2.68. The molecule has 0 fully saturated rings. The van der Waals surface area contributed by atoms with Crippen molar-refractivity contribution in [3.8, 4) is 0 Å². The van der Waals surface area contributed by atoms with E-state index in [0.717, 1.165) is 0 Å². The van der Waals surface area contributed by atoms with Gasteiger partial charge in [0, 0.05) is 27.6 Å². The summed E-state index contributed by atoms with van der Waals surface area (Å²) in [6, 6.07) is 0. The van der Waals surface area contributed by atoms with Crippen molar-refractivity contribution in [1.82, 2.24) is 18.7 Å². The van der Waals surface area contributed by atoms with Crippen LogP contribution < -0.4 is 11.2 Å². The van der Waals surface area contributed by atoms with Gasteiger partial charge >= 0.3 is 11.7 Å². The Morgan fingerprint density at radius 1 is 1.29 bits per heavy atom. The number of esters is 1. The van der Waals surface area contributed by atoms with Crippen molar-refractivity contribution in [2.45, 2.75) is 26.3 Å². The van der Waals surface area contributed by atoms with Crippen molar-refractivity contribution >= 4 is 17.1 Å². The van der Waals surface area contributed by atoms with Gasteiger partial charge in [-0.15, -0.1) is 0 Å². The Bertz CT molecular complexity index is 784. The molecule has 0 spiro atoms. The van der Waals surface area contributed by atoms with Crippen LogP contribution in [0.3, 0.4) is 0 Å². The van der Waals surface area contributed by atoms with Gasteiger partial charge in [0.2, 0.25) is 0 Å². The molecule has 2 aromatic rings. The van der Waals surface area contributed by atoms with Gasteiger partial charge in [0.25, 0.3) is 5.56 Å². The smallest absolute Gasteiger partial charge is 0.332 e. The van der Waals surface area contributed by atoms with E-state index < -0.39 is 5.69 Å². The summed E-state index contributed by atoms with van der Waals surface area (Å²) in [5.41, 5.74) is 0.0417. The molecule has 8 nitrogen and oxygen atoms in total. The number of hydrogen-bond acceptors (Lipinski definition) is 5. The number of aromatic nitrogens is 4. The van der Waals surface area contributed by atoms with Gasteiger partial charge in [-0.05, 0) is 12.8 Å². The van der Waals surface area contributed by atoms with Crippen LogP contribution >= 0.6 is 0 Å². The van der Waals surface area contributed by atoms with E-state index in [1.807, 2.05) is 0 Å². The molecule has 2 heterocycles. The van der Waals surface area contributed by atoms with E-state index in [1.54, 1.807) is 18.7 Å². The maximum Gasteiger partial charge on any atom is 0.332 e. The van der Waals surface area contributed by atoms with E-state index in [0.29, 0.717) is 30.6 Å². The molecule has 21 heavy (non-hydrogen) atoms. The van der Waals surface area contributed by atoms with Crippen molar-refractivity contribution in [3.05, 3.63) is 27.2 Å². The molecule has 0 aliphatic heterocycles. The summed E-state index contributed by atoms with van der Waals surface area (Å²) in [5.74, 6) is -0.334. The Labute approximate surface area is 120 Å². The number of nitrogens with zero attached hydrogens (tertiary/aromatic N) is 4. The number of hydrogen-bond donors (Lipinski definition) is 0. The Kier molecular flexibility index (Phi) is 4.25. The lowest BCUT2D eigenvalue weighted by Gasteiger charge is -2.08. The van der Waals surface area contributed by atoms with Crippen LogP contribution in [0.15, 0.2) is 15.9 Å². The maximum atomic E-state index is 12.4. The van der Waals surface area contributed by atoms with Crippen LogP contribution in [0.25, 0.3) is 11.2 Å². The first-order valence-electron chi connectivity index (χ1n) is 6.67. The molecule has 0 saturated carbocycles. The van der Waals surface area contributed by atoms with E-state index in [1.165, 1.54) is 22.4 Å². The first-order chi connectivity index (χ1) is 9.93. The van der Waals surface area contributed by atoms with Crippen molar-refractivity contribution in [2.75, 3.05) is 6.61 Å². The zero-order chi connectivity index (χ0) is 15.6. The Hall–Kier alpha value is -2.38. The third kappa shape index (κ3) is 2.88. The minimum absolute atomic E-state index is 0.286. The van der Waals surface area contributed by atoms with Gasteiger partial charge in [-0.3, -0.25) is 18.7 Å². The maximum absolute atomic E-state index is 12.4. The fourth-order valence-electron chi connectivity index (χ4n) is 2.18. The molecule has 0 radical (unpaired) electrons. The highest BCUT2D eigenvalue weighted by atomic mass is 16.5. The van der Waals surface area contributed by atoms with Gasteiger partial charge in [-0.2, -0.15) is 0 Å². The van der Waals surface area contributed by atoms with Crippen molar-refractivity contribution in [2.24, 2.45) is 14.1 Å². The van der Waals surface area contributed by atoms with E-state index in [9.17, 15) is 14.4 Å². The SMILES string of the molecule is CC(=O)OCCCCn1c(=O)c2c(ncn2C)n(C)c1=O. The minimum Gasteiger partial charge on any atom is -0.466 e. The zero-order valence-electron chi connectivity index (χ0n) is 12.3. The van der Waals surface area contributed by atoms with Gasteiger partial charge in [0.1, 0.15) is 0 Å². The molecule has 0 aromatic carbocycles. The summed E-state index contributed by atoms with van der Waals surface area (Å²) in [6.45, 7) is 1.92. The second kappa shape index (κ2) is 5.94. The van der Waals surface area contributed by atoms with Crippen LogP contribution in [0.2, 0.25) is 0 Å². The van der Waals surface area contributed by atoms with E-state index in [4.69, 9.17) is 4.74 Å². The molecule has 0 saturated heterocycles. The third-order valence-electron chi connectivity index (χ3n) is 3.28. The molecule has 8 heteroatoms. The fourth-order valence-corrected chi connectivity index (χ4v) is 2.18. The average Bonchev–Trinajstić information content (AvgIpc) is 2.81. The van der Waals surface area contributed by atoms with Gasteiger partial charge in [0.05, 0.1) is 12.9 Å². The summed E-state index contributed by atoms with van der Waals surface area (Å²) < 4.78 is 8.98. The standard InChI is InChI=1S/C13H18N4O4/c1-9(18)21-7-5-4-6-17-12(19)10-11(14-8-15(10)2)16(3)13(17)20/h8H,4-7H2,1-3H3. The predicted octanol–water partition coefficient (Wildman–Crippen LogP) is -0.223. The normalized spacial score (nSPS) is 11.0. The number of aryl methyl sites for hydroxylation is 2. The van der Waals surface area contributed by atoms with Crippen LogP contribution in [0.4, 0.5) is 0 Å². The summed E-state index contributed by atoms with van der Waals surface area (Å²) in [5, 5.41) is 0. The van der Waals surface area contributed by atoms with Crippen molar-refractivity contribution in [1.29, 1.82) is 0 Å². The molecule has 0 amide bonds. The van der Waals surface area contributed by atoms with Crippen LogP contribution in [-0.2, 0) is 30.2 Å². The van der Waals surface area contributed by atoms with Gasteiger partial charge in [-0.1, -0.05) is 0 Å². The second-order valence-electron chi connectivity index (χ2n) is 4.87. The van der Waals surface area contributed by atoms with Crippen LogP contribution in [0, 0.1) is 0 Å². The van der Waals surface area contributed by atoms with E-state index in [-0.39, 0.29) is 18.1 Å². The fraction of sp³-hybridized carbons (Fsp3) is 0.538. The van der Waals surface area contributed by atoms with Gasteiger partial charge < -0.3 is 9.30 Å². The Balaban J connectivity index is 2.24. The lowest BCUT2D eigenvalue weighted by atomic mass is 10.3. The van der Waals surface area contributed by atoms with Gasteiger partial charge in [0.15, 0.2) is 11.2 Å². The summed E-state index contributed by atoms with van der Waals surface area (Å²) in [7, 11) is 3.30. The monoisotopic (exact) mass is 294 g/mol. The van der Waals surface area contributed by atoms with Crippen molar-refractivity contribution in [3.63, 3.8) is 0 Å². The minimum atomic E-state index is -0.390. The quantitative estimate of drug-likeness (QED) is 0.562. The highest BCUT2D eigenvalue weighted by Crippen LogP contribution is 2.03. The Morgan fingerprint density at radius 3 is 2.67 bits per heavy atom. The van der Waals surface area contributed by atoms with E-state index >= 15 is 0 Å². The second-order valence-corrected chi connectivity index (χ2v) is 4.87. The molecular weight excluding hydrogens is 276 g/mol. The topological polar surface area (TPSA) is 88.1 Å². The predicted molar refractivity (Wildman–Crippen MR) is 76.1 cm³/mol. The third-order valence-corrected chi connectivity index (χ3v) is 3.28. The number of unbranched alkanes of at least 4 members (excludes halogenated alkanes) is 1. The molecule has 0 aliphatic carbocycles. The molecule has 2 aromatic heterocycles. The highest BCUT2D eigenvalue weighted by molar-refractivity contribution is 5.69. The molecule has 0 bridgehead atoms. The Morgan fingerprint density at radius 2 is 2.00 bits per heavy atom. The van der Waals surface area contributed by atoms with Crippen LogP contribution in [0.1, 0.15) is 19.8 Å². The summed E-state index contributed by atoms with van der Waals surface area (Å²) in [4.78, 5) is 39.2. The van der Waals surface area contributed by atoms with Crippen LogP contribution in [-0.4, -0.2) is 31.3 Å². The molecule has 2 rings (SSSR count). The first-order valence-corrected chi connectivity index (χ1v) is 6.67. The summed E-state index contributed by atoms with van der Waals surface area (Å²) >= 11 is 0. The number of fused-ring (bicyclic) bond motifs is 1. The molecule has 0 atom stereocenters.